The average Bonchev–Trinajstić information content (AvgIpc) is 3.07. The Kier molecular flexibility index (Phi) is 5.59. The largest absolute Gasteiger partial charge is 0.416 e. The first kappa shape index (κ1) is 21.8. The molecule has 0 aliphatic carbocycles. The van der Waals surface area contributed by atoms with Crippen LogP contribution in [0.4, 0.5) is 30.2 Å². The third kappa shape index (κ3) is 4.03. The fourth-order valence-corrected chi connectivity index (χ4v) is 4.14. The van der Waals surface area contributed by atoms with Crippen LogP contribution < -0.4 is 9.80 Å². The first-order valence-electron chi connectivity index (χ1n) is 9.93. The molecule has 2 aromatic rings. The van der Waals surface area contributed by atoms with E-state index in [4.69, 9.17) is 0 Å². The number of anilines is 2. The van der Waals surface area contributed by atoms with Crippen LogP contribution in [0.15, 0.2) is 48.5 Å². The Hall–Kier alpha value is -3.47. The minimum absolute atomic E-state index is 0.0359. The van der Waals surface area contributed by atoms with E-state index in [2.05, 4.69) is 0 Å². The van der Waals surface area contributed by atoms with Gasteiger partial charge in [0.25, 0.3) is 11.6 Å². The van der Waals surface area contributed by atoms with E-state index < -0.39 is 28.4 Å². The monoisotopic (exact) mass is 448 g/mol. The standard InChI is InChI=1S/C21H19F3N4O4/c22-21(23,24)14-6-7-16(17(12-14)28(31)32)25-8-10-26(11-9-25)18-13-19(29)27(20(18)30)15-4-2-1-3-5-15/h1-7,12,18H,8-11,13H2. The third-order valence-electron chi connectivity index (χ3n) is 5.73. The summed E-state index contributed by atoms with van der Waals surface area (Å²) in [7, 11) is 0. The van der Waals surface area contributed by atoms with Crippen LogP contribution in [0.1, 0.15) is 12.0 Å². The molecule has 0 N–H and O–H groups in total. The second kappa shape index (κ2) is 8.23. The van der Waals surface area contributed by atoms with Crippen LogP contribution in [-0.4, -0.2) is 53.9 Å². The summed E-state index contributed by atoms with van der Waals surface area (Å²) in [5.74, 6) is -0.623. The second-order valence-corrected chi connectivity index (χ2v) is 7.60. The molecule has 0 saturated carbocycles. The summed E-state index contributed by atoms with van der Waals surface area (Å²) >= 11 is 0. The van der Waals surface area contributed by atoms with E-state index in [1.165, 1.54) is 0 Å². The zero-order valence-corrected chi connectivity index (χ0v) is 16.8. The van der Waals surface area contributed by atoms with Gasteiger partial charge in [0.15, 0.2) is 0 Å². The molecular formula is C21H19F3N4O4. The fraction of sp³-hybridized carbons (Fsp3) is 0.333. The number of nitrogens with zero attached hydrogens (tertiary/aromatic N) is 4. The Bertz CT molecular complexity index is 1050. The van der Waals surface area contributed by atoms with Crippen molar-refractivity contribution < 1.29 is 27.7 Å². The van der Waals surface area contributed by atoms with Crippen molar-refractivity contribution >= 4 is 28.9 Å². The number of alkyl halides is 3. The highest BCUT2D eigenvalue weighted by Gasteiger charge is 2.43. The Balaban J connectivity index is 1.48. The fourth-order valence-electron chi connectivity index (χ4n) is 4.14. The summed E-state index contributed by atoms with van der Waals surface area (Å²) in [5, 5.41) is 11.4. The van der Waals surface area contributed by atoms with Crippen LogP contribution >= 0.6 is 0 Å². The minimum Gasteiger partial charge on any atom is -0.363 e. The first-order valence-corrected chi connectivity index (χ1v) is 9.93. The van der Waals surface area contributed by atoms with Gasteiger partial charge in [-0.05, 0) is 24.3 Å². The summed E-state index contributed by atoms with van der Waals surface area (Å²) in [6, 6.07) is 10.5. The minimum atomic E-state index is -4.68. The van der Waals surface area contributed by atoms with Gasteiger partial charge >= 0.3 is 6.18 Å². The Labute approximate surface area is 181 Å². The third-order valence-corrected chi connectivity index (χ3v) is 5.73. The normalized spacial score (nSPS) is 20.2. The predicted octanol–water partition coefficient (Wildman–Crippen LogP) is 3.07. The number of rotatable bonds is 4. The van der Waals surface area contributed by atoms with Gasteiger partial charge in [-0.2, -0.15) is 13.2 Å². The highest BCUT2D eigenvalue weighted by Crippen LogP contribution is 2.37. The molecule has 2 amide bonds. The Morgan fingerprint density at radius 1 is 0.969 bits per heavy atom. The number of hydrogen-bond donors (Lipinski definition) is 0. The van der Waals surface area contributed by atoms with Gasteiger partial charge in [0.05, 0.1) is 28.6 Å². The number of amides is 2. The van der Waals surface area contributed by atoms with E-state index in [1.54, 1.807) is 35.2 Å². The van der Waals surface area contributed by atoms with Crippen molar-refractivity contribution in [3.8, 4) is 0 Å². The van der Waals surface area contributed by atoms with Crippen LogP contribution in [0.3, 0.4) is 0 Å². The average molecular weight is 448 g/mol. The zero-order chi connectivity index (χ0) is 23.0. The molecule has 2 aliphatic rings. The Morgan fingerprint density at radius 2 is 1.62 bits per heavy atom. The summed E-state index contributed by atoms with van der Waals surface area (Å²) in [6.07, 6.45) is -4.64. The number of piperazine rings is 1. The van der Waals surface area contributed by atoms with Crippen LogP contribution in [0.25, 0.3) is 0 Å². The number of para-hydroxylation sites is 1. The highest BCUT2D eigenvalue weighted by molar-refractivity contribution is 6.22. The molecular weight excluding hydrogens is 429 g/mol. The van der Waals surface area contributed by atoms with Crippen molar-refractivity contribution in [2.45, 2.75) is 18.6 Å². The number of imide groups is 1. The van der Waals surface area contributed by atoms with Gasteiger partial charge in [-0.1, -0.05) is 18.2 Å². The van der Waals surface area contributed by atoms with Gasteiger partial charge in [-0.25, -0.2) is 4.90 Å². The highest BCUT2D eigenvalue weighted by atomic mass is 19.4. The number of nitro benzene ring substituents is 1. The zero-order valence-electron chi connectivity index (χ0n) is 16.8. The molecule has 4 rings (SSSR count). The van der Waals surface area contributed by atoms with E-state index in [-0.39, 0.29) is 37.0 Å². The van der Waals surface area contributed by atoms with Crippen molar-refractivity contribution in [3.05, 3.63) is 64.2 Å². The lowest BCUT2D eigenvalue weighted by Crippen LogP contribution is -2.52. The van der Waals surface area contributed by atoms with Crippen LogP contribution in [0, 0.1) is 10.1 Å². The molecule has 0 radical (unpaired) electrons. The SMILES string of the molecule is O=C1CC(N2CCN(c3ccc(C(F)(F)F)cc3[N+](=O)[O-])CC2)C(=O)N1c1ccccc1. The smallest absolute Gasteiger partial charge is 0.363 e. The van der Waals surface area contributed by atoms with Crippen molar-refractivity contribution in [1.82, 2.24) is 4.90 Å². The molecule has 0 bridgehead atoms. The maximum atomic E-state index is 12.9. The Morgan fingerprint density at radius 3 is 2.22 bits per heavy atom. The van der Waals surface area contributed by atoms with Crippen LogP contribution in [-0.2, 0) is 15.8 Å². The summed E-state index contributed by atoms with van der Waals surface area (Å²) in [4.78, 5) is 40.5. The van der Waals surface area contributed by atoms with Crippen molar-refractivity contribution in [2.24, 2.45) is 0 Å². The van der Waals surface area contributed by atoms with E-state index in [0.717, 1.165) is 17.0 Å². The molecule has 0 aromatic heterocycles. The van der Waals surface area contributed by atoms with Crippen molar-refractivity contribution in [2.75, 3.05) is 36.0 Å². The lowest BCUT2D eigenvalue weighted by molar-refractivity contribution is -0.384. The van der Waals surface area contributed by atoms with Crippen LogP contribution in [0.2, 0.25) is 0 Å². The van der Waals surface area contributed by atoms with Gasteiger partial charge in [0.2, 0.25) is 5.91 Å². The lowest BCUT2D eigenvalue weighted by Gasteiger charge is -2.37. The first-order chi connectivity index (χ1) is 15.2. The molecule has 0 spiro atoms. The maximum Gasteiger partial charge on any atom is 0.416 e. The molecule has 168 valence electrons. The van der Waals surface area contributed by atoms with Gasteiger partial charge < -0.3 is 4.90 Å². The molecule has 2 fully saturated rings. The van der Waals surface area contributed by atoms with E-state index in [0.29, 0.717) is 24.8 Å². The lowest BCUT2D eigenvalue weighted by atomic mass is 10.1. The maximum absolute atomic E-state index is 12.9. The topological polar surface area (TPSA) is 87.0 Å². The predicted molar refractivity (Wildman–Crippen MR) is 109 cm³/mol. The number of carbonyl (C=O) groups excluding carboxylic acids is 2. The van der Waals surface area contributed by atoms with Gasteiger partial charge in [-0.15, -0.1) is 0 Å². The molecule has 2 aromatic carbocycles. The number of benzene rings is 2. The number of hydrogen-bond acceptors (Lipinski definition) is 6. The van der Waals surface area contributed by atoms with Crippen molar-refractivity contribution in [3.63, 3.8) is 0 Å². The second-order valence-electron chi connectivity index (χ2n) is 7.60. The van der Waals surface area contributed by atoms with Crippen LogP contribution in [0.5, 0.6) is 0 Å². The van der Waals surface area contributed by atoms with Gasteiger partial charge in [-0.3, -0.25) is 24.6 Å². The van der Waals surface area contributed by atoms with Gasteiger partial charge in [0, 0.05) is 32.2 Å². The molecule has 2 heterocycles. The molecule has 1 unspecified atom stereocenters. The van der Waals surface area contributed by atoms with E-state index in [9.17, 15) is 32.9 Å². The molecule has 11 heteroatoms. The molecule has 2 saturated heterocycles. The number of carbonyl (C=O) groups is 2. The van der Waals surface area contributed by atoms with Crippen molar-refractivity contribution in [1.29, 1.82) is 0 Å². The summed E-state index contributed by atoms with van der Waals surface area (Å²) in [5.41, 5.74) is -1.09. The number of nitro groups is 1. The van der Waals surface area contributed by atoms with E-state index >= 15 is 0 Å². The summed E-state index contributed by atoms with van der Waals surface area (Å²) in [6.45, 7) is 1.22. The summed E-state index contributed by atoms with van der Waals surface area (Å²) < 4.78 is 38.8. The number of halogens is 3. The van der Waals surface area contributed by atoms with Gasteiger partial charge in [0.1, 0.15) is 5.69 Å². The molecule has 1 atom stereocenters. The molecule has 2 aliphatic heterocycles. The molecule has 8 nitrogen and oxygen atoms in total. The van der Waals surface area contributed by atoms with E-state index in [1.807, 2.05) is 4.90 Å². The molecule has 32 heavy (non-hydrogen) atoms. The quantitative estimate of drug-likeness (QED) is 0.406.